The second-order valence-corrected chi connectivity index (χ2v) is 6.73. The van der Waals surface area contributed by atoms with E-state index in [2.05, 4.69) is 20.5 Å². The van der Waals surface area contributed by atoms with Crippen LogP contribution < -0.4 is 16.4 Å². The summed E-state index contributed by atoms with van der Waals surface area (Å²) in [6.07, 6.45) is 2.53. The van der Waals surface area contributed by atoms with Crippen LogP contribution in [0.3, 0.4) is 0 Å². The van der Waals surface area contributed by atoms with Crippen LogP contribution in [0.4, 0.5) is 0 Å². The van der Waals surface area contributed by atoms with E-state index in [0.29, 0.717) is 18.9 Å². The third-order valence-electron chi connectivity index (χ3n) is 4.29. The molecule has 0 spiro atoms. The minimum absolute atomic E-state index is 0.104. The lowest BCUT2D eigenvalue weighted by atomic mass is 9.93. The Hall–Kier alpha value is -1.79. The quantitative estimate of drug-likeness (QED) is 0.483. The van der Waals surface area contributed by atoms with Gasteiger partial charge in [-0.05, 0) is 39.5 Å². The van der Waals surface area contributed by atoms with E-state index in [4.69, 9.17) is 5.73 Å². The summed E-state index contributed by atoms with van der Waals surface area (Å²) in [6, 6.07) is 0. The zero-order valence-electron chi connectivity index (χ0n) is 14.8. The van der Waals surface area contributed by atoms with E-state index in [0.717, 1.165) is 38.4 Å². The van der Waals surface area contributed by atoms with E-state index < -0.39 is 5.41 Å². The molecule has 2 amide bonds. The van der Waals surface area contributed by atoms with Gasteiger partial charge >= 0.3 is 0 Å². The monoisotopic (exact) mass is 325 g/mol. The van der Waals surface area contributed by atoms with Crippen molar-refractivity contribution in [3.05, 3.63) is 0 Å². The first kappa shape index (κ1) is 19.3. The van der Waals surface area contributed by atoms with Crippen LogP contribution in [0.25, 0.3) is 0 Å². The predicted octanol–water partition coefficient (Wildman–Crippen LogP) is 0.312. The van der Waals surface area contributed by atoms with Crippen LogP contribution in [-0.4, -0.2) is 55.9 Å². The SMILES string of the molecule is CCNC(=NCC(C)(C)C(N)=O)N1CCC(CC(=O)NC)CC1. The molecule has 23 heavy (non-hydrogen) atoms. The van der Waals surface area contributed by atoms with Gasteiger partial charge in [0.2, 0.25) is 11.8 Å². The van der Waals surface area contributed by atoms with Crippen molar-refractivity contribution in [2.24, 2.45) is 22.1 Å². The Morgan fingerprint density at radius 1 is 1.30 bits per heavy atom. The zero-order chi connectivity index (χ0) is 17.5. The summed E-state index contributed by atoms with van der Waals surface area (Å²) in [5.74, 6) is 1.00. The summed E-state index contributed by atoms with van der Waals surface area (Å²) in [4.78, 5) is 29.7. The van der Waals surface area contributed by atoms with Gasteiger partial charge in [-0.15, -0.1) is 0 Å². The van der Waals surface area contributed by atoms with Crippen molar-refractivity contribution in [1.29, 1.82) is 0 Å². The molecule has 7 heteroatoms. The van der Waals surface area contributed by atoms with Crippen molar-refractivity contribution in [3.8, 4) is 0 Å². The molecule has 0 aromatic rings. The number of carbonyl (C=O) groups excluding carboxylic acids is 2. The molecule has 0 aliphatic carbocycles. The number of rotatable bonds is 6. The lowest BCUT2D eigenvalue weighted by Crippen LogP contribution is -2.46. The number of guanidine groups is 1. The number of nitrogens with zero attached hydrogens (tertiary/aromatic N) is 2. The number of likely N-dealkylation sites (tertiary alicyclic amines) is 1. The molecule has 0 bridgehead atoms. The fraction of sp³-hybridized carbons (Fsp3) is 0.812. The summed E-state index contributed by atoms with van der Waals surface area (Å²) in [7, 11) is 1.67. The molecule has 0 aromatic heterocycles. The number of aliphatic imine (C=N–C) groups is 1. The summed E-state index contributed by atoms with van der Waals surface area (Å²) in [5.41, 5.74) is 4.75. The maximum Gasteiger partial charge on any atom is 0.224 e. The predicted molar refractivity (Wildman–Crippen MR) is 91.9 cm³/mol. The molecule has 0 radical (unpaired) electrons. The maximum absolute atomic E-state index is 11.5. The second kappa shape index (κ2) is 8.74. The molecule has 1 fully saturated rings. The highest BCUT2D eigenvalue weighted by molar-refractivity contribution is 5.83. The average molecular weight is 325 g/mol. The molecular formula is C16H31N5O2. The van der Waals surface area contributed by atoms with Crippen molar-refractivity contribution in [1.82, 2.24) is 15.5 Å². The number of hydrogen-bond donors (Lipinski definition) is 3. The Kier molecular flexibility index (Phi) is 7.32. The topological polar surface area (TPSA) is 99.8 Å². The van der Waals surface area contributed by atoms with Crippen molar-refractivity contribution in [3.63, 3.8) is 0 Å². The summed E-state index contributed by atoms with van der Waals surface area (Å²) in [6.45, 7) is 8.49. The molecule has 0 unspecified atom stereocenters. The second-order valence-electron chi connectivity index (χ2n) is 6.73. The summed E-state index contributed by atoms with van der Waals surface area (Å²) >= 11 is 0. The van der Waals surface area contributed by atoms with Gasteiger partial charge in [0.05, 0.1) is 12.0 Å². The van der Waals surface area contributed by atoms with Gasteiger partial charge in [0.25, 0.3) is 0 Å². The van der Waals surface area contributed by atoms with Crippen LogP contribution in [0.2, 0.25) is 0 Å². The van der Waals surface area contributed by atoms with Crippen LogP contribution in [0, 0.1) is 11.3 Å². The van der Waals surface area contributed by atoms with Crippen molar-refractivity contribution in [2.75, 3.05) is 33.2 Å². The molecule has 1 heterocycles. The number of nitrogens with two attached hydrogens (primary N) is 1. The molecule has 1 saturated heterocycles. The highest BCUT2D eigenvalue weighted by Crippen LogP contribution is 2.21. The fourth-order valence-electron chi connectivity index (χ4n) is 2.49. The van der Waals surface area contributed by atoms with Gasteiger partial charge in [-0.3, -0.25) is 14.6 Å². The van der Waals surface area contributed by atoms with Crippen molar-refractivity contribution < 1.29 is 9.59 Å². The third-order valence-corrected chi connectivity index (χ3v) is 4.29. The number of amides is 2. The smallest absolute Gasteiger partial charge is 0.224 e. The molecule has 1 aliphatic heterocycles. The van der Waals surface area contributed by atoms with E-state index >= 15 is 0 Å². The van der Waals surface area contributed by atoms with Crippen LogP contribution in [0.1, 0.15) is 40.0 Å². The normalized spacial score (nSPS) is 17.0. The van der Waals surface area contributed by atoms with Gasteiger partial charge < -0.3 is 21.3 Å². The number of carbonyl (C=O) groups is 2. The first-order valence-corrected chi connectivity index (χ1v) is 8.34. The third kappa shape index (κ3) is 6.08. The number of primary amides is 1. The van der Waals surface area contributed by atoms with Gasteiger partial charge in [-0.25, -0.2) is 0 Å². The molecule has 1 rings (SSSR count). The van der Waals surface area contributed by atoms with Gasteiger partial charge in [0, 0.05) is 33.1 Å². The number of nitrogens with one attached hydrogen (secondary N) is 2. The van der Waals surface area contributed by atoms with Crippen molar-refractivity contribution in [2.45, 2.75) is 40.0 Å². The van der Waals surface area contributed by atoms with Crippen LogP contribution >= 0.6 is 0 Å². The zero-order valence-corrected chi connectivity index (χ0v) is 14.8. The van der Waals surface area contributed by atoms with Gasteiger partial charge in [-0.1, -0.05) is 0 Å². The lowest BCUT2D eigenvalue weighted by molar-refractivity contribution is -0.125. The van der Waals surface area contributed by atoms with Crippen LogP contribution in [0.15, 0.2) is 4.99 Å². The summed E-state index contributed by atoms with van der Waals surface area (Å²) in [5, 5.41) is 5.96. The van der Waals surface area contributed by atoms with Gasteiger partial charge in [0.15, 0.2) is 5.96 Å². The molecule has 7 nitrogen and oxygen atoms in total. The minimum atomic E-state index is -0.655. The van der Waals surface area contributed by atoms with Gasteiger partial charge in [0.1, 0.15) is 0 Å². The van der Waals surface area contributed by atoms with E-state index in [1.807, 2.05) is 6.92 Å². The first-order valence-electron chi connectivity index (χ1n) is 8.34. The largest absolute Gasteiger partial charge is 0.369 e. The Balaban J connectivity index is 2.62. The molecular weight excluding hydrogens is 294 g/mol. The van der Waals surface area contributed by atoms with Crippen LogP contribution in [0.5, 0.6) is 0 Å². The molecule has 0 saturated carbocycles. The Labute approximate surface area is 139 Å². The Morgan fingerprint density at radius 3 is 2.39 bits per heavy atom. The lowest BCUT2D eigenvalue weighted by Gasteiger charge is -2.34. The highest BCUT2D eigenvalue weighted by atomic mass is 16.2. The molecule has 0 atom stereocenters. The molecule has 0 aromatic carbocycles. The fourth-order valence-corrected chi connectivity index (χ4v) is 2.49. The molecule has 4 N–H and O–H groups in total. The molecule has 1 aliphatic rings. The Bertz CT molecular complexity index is 440. The molecule has 132 valence electrons. The van der Waals surface area contributed by atoms with E-state index in [9.17, 15) is 9.59 Å². The number of hydrogen-bond acceptors (Lipinski definition) is 3. The van der Waals surface area contributed by atoms with E-state index in [-0.39, 0.29) is 11.8 Å². The Morgan fingerprint density at radius 2 is 1.91 bits per heavy atom. The van der Waals surface area contributed by atoms with Crippen LogP contribution in [-0.2, 0) is 9.59 Å². The van der Waals surface area contributed by atoms with Crippen molar-refractivity contribution >= 4 is 17.8 Å². The van der Waals surface area contributed by atoms with Gasteiger partial charge in [-0.2, -0.15) is 0 Å². The number of piperidine rings is 1. The highest BCUT2D eigenvalue weighted by Gasteiger charge is 2.26. The standard InChI is InChI=1S/C16H31N5O2/c1-5-19-15(20-11-16(2,3)14(17)23)21-8-6-12(7-9-21)10-13(22)18-4/h12H,5-11H2,1-4H3,(H2,17,23)(H,18,22)(H,19,20). The average Bonchev–Trinajstić information content (AvgIpc) is 2.52. The minimum Gasteiger partial charge on any atom is -0.369 e. The maximum atomic E-state index is 11.5. The first-order chi connectivity index (χ1) is 10.8. The van der Waals surface area contributed by atoms with E-state index in [1.54, 1.807) is 20.9 Å². The summed E-state index contributed by atoms with van der Waals surface area (Å²) < 4.78 is 0. The van der Waals surface area contributed by atoms with E-state index in [1.165, 1.54) is 0 Å².